The van der Waals surface area contributed by atoms with Crippen LogP contribution in [0.4, 0.5) is 4.39 Å². The van der Waals surface area contributed by atoms with Gasteiger partial charge in [0.25, 0.3) is 0 Å². The molecule has 1 aromatic heterocycles. The highest BCUT2D eigenvalue weighted by atomic mass is 32.2. The van der Waals surface area contributed by atoms with E-state index >= 15 is 0 Å². The van der Waals surface area contributed by atoms with E-state index in [9.17, 15) is 9.18 Å². The van der Waals surface area contributed by atoms with Crippen LogP contribution in [0.3, 0.4) is 0 Å². The molecule has 0 radical (unpaired) electrons. The molecule has 0 unspecified atom stereocenters. The second kappa shape index (κ2) is 9.57. The molecular formula is C24H21FN4OS. The lowest BCUT2D eigenvalue weighted by Gasteiger charge is -2.13. The van der Waals surface area contributed by atoms with E-state index in [0.717, 1.165) is 22.4 Å². The first-order valence-corrected chi connectivity index (χ1v) is 10.8. The number of benzene rings is 3. The Balaban J connectivity index is 1.56. The van der Waals surface area contributed by atoms with Crippen molar-refractivity contribution in [1.82, 2.24) is 20.1 Å². The zero-order valence-corrected chi connectivity index (χ0v) is 17.8. The highest BCUT2D eigenvalue weighted by molar-refractivity contribution is 7.99. The number of hydrogen-bond acceptors (Lipinski definition) is 4. The zero-order chi connectivity index (χ0) is 21.6. The summed E-state index contributed by atoms with van der Waals surface area (Å²) in [5.41, 5.74) is 3.75. The number of thioether (sulfide) groups is 1. The van der Waals surface area contributed by atoms with Crippen molar-refractivity contribution >= 4 is 17.7 Å². The van der Waals surface area contributed by atoms with Gasteiger partial charge in [-0.1, -0.05) is 60.3 Å². The van der Waals surface area contributed by atoms with Gasteiger partial charge in [-0.05, 0) is 48.4 Å². The van der Waals surface area contributed by atoms with Crippen molar-refractivity contribution in [2.45, 2.75) is 18.6 Å². The number of carbonyl (C=O) groups is 1. The minimum Gasteiger partial charge on any atom is -0.351 e. The number of nitrogens with zero attached hydrogens (tertiary/aromatic N) is 3. The van der Waals surface area contributed by atoms with Crippen LogP contribution in [-0.4, -0.2) is 26.4 Å². The molecule has 0 aliphatic heterocycles. The average Bonchev–Trinajstić information content (AvgIpc) is 3.21. The Bertz CT molecular complexity index is 1180. The van der Waals surface area contributed by atoms with Gasteiger partial charge in [-0.25, -0.2) is 4.39 Å². The molecule has 156 valence electrons. The van der Waals surface area contributed by atoms with Crippen molar-refractivity contribution in [3.05, 3.63) is 95.8 Å². The smallest absolute Gasteiger partial charge is 0.230 e. The van der Waals surface area contributed by atoms with Crippen molar-refractivity contribution in [2.75, 3.05) is 5.75 Å². The van der Waals surface area contributed by atoms with E-state index in [0.29, 0.717) is 17.5 Å². The summed E-state index contributed by atoms with van der Waals surface area (Å²) in [5.74, 6) is 0.411. The number of aromatic nitrogens is 3. The summed E-state index contributed by atoms with van der Waals surface area (Å²) in [5, 5.41) is 12.2. The lowest BCUT2D eigenvalue weighted by molar-refractivity contribution is -0.118. The van der Waals surface area contributed by atoms with Gasteiger partial charge in [-0.15, -0.1) is 10.2 Å². The summed E-state index contributed by atoms with van der Waals surface area (Å²) in [7, 11) is 0. The third-order valence-electron chi connectivity index (χ3n) is 4.76. The Labute approximate surface area is 184 Å². The Morgan fingerprint density at radius 3 is 2.42 bits per heavy atom. The monoisotopic (exact) mass is 432 g/mol. The molecule has 1 heterocycles. The Morgan fingerprint density at radius 2 is 1.68 bits per heavy atom. The summed E-state index contributed by atoms with van der Waals surface area (Å²) >= 11 is 1.32. The quantitative estimate of drug-likeness (QED) is 0.427. The van der Waals surface area contributed by atoms with E-state index in [1.165, 1.54) is 23.9 Å². The fourth-order valence-electron chi connectivity index (χ4n) is 3.16. The van der Waals surface area contributed by atoms with Gasteiger partial charge in [0, 0.05) is 12.1 Å². The van der Waals surface area contributed by atoms with Crippen LogP contribution >= 0.6 is 11.8 Å². The van der Waals surface area contributed by atoms with Gasteiger partial charge in [-0.2, -0.15) is 0 Å². The third kappa shape index (κ3) is 5.00. The molecule has 0 aliphatic rings. The molecule has 1 N–H and O–H groups in total. The van der Waals surface area contributed by atoms with Crippen molar-refractivity contribution in [3.8, 4) is 17.1 Å². The first kappa shape index (κ1) is 20.8. The molecule has 0 atom stereocenters. The summed E-state index contributed by atoms with van der Waals surface area (Å²) in [6.07, 6.45) is 0. The van der Waals surface area contributed by atoms with Crippen LogP contribution in [-0.2, 0) is 11.3 Å². The summed E-state index contributed by atoms with van der Waals surface area (Å²) in [4.78, 5) is 12.4. The van der Waals surface area contributed by atoms with E-state index in [1.807, 2.05) is 66.1 Å². The topological polar surface area (TPSA) is 59.8 Å². The standard InChI is InChI=1S/C24H21FN4OS/c1-17-7-5-6-10-21(17)29-23(19-11-13-20(25)14-12-19)27-28-24(29)31-16-22(30)26-15-18-8-3-2-4-9-18/h2-14H,15-16H2,1H3,(H,26,30). The molecule has 0 bridgehead atoms. The maximum absolute atomic E-state index is 13.4. The number of hydrogen-bond donors (Lipinski definition) is 1. The summed E-state index contributed by atoms with van der Waals surface area (Å²) in [6, 6.07) is 23.8. The van der Waals surface area contributed by atoms with Crippen molar-refractivity contribution < 1.29 is 9.18 Å². The van der Waals surface area contributed by atoms with E-state index in [1.54, 1.807) is 12.1 Å². The predicted molar refractivity (Wildman–Crippen MR) is 121 cm³/mol. The molecule has 1 amide bonds. The lowest BCUT2D eigenvalue weighted by atomic mass is 10.1. The van der Waals surface area contributed by atoms with Crippen LogP contribution in [0.25, 0.3) is 17.1 Å². The minimum atomic E-state index is -0.310. The van der Waals surface area contributed by atoms with Gasteiger partial charge in [0.2, 0.25) is 5.91 Å². The number of para-hydroxylation sites is 1. The third-order valence-corrected chi connectivity index (χ3v) is 5.69. The molecule has 31 heavy (non-hydrogen) atoms. The Morgan fingerprint density at radius 1 is 0.968 bits per heavy atom. The maximum atomic E-state index is 13.4. The molecular weight excluding hydrogens is 411 g/mol. The van der Waals surface area contributed by atoms with Crippen LogP contribution < -0.4 is 5.32 Å². The van der Waals surface area contributed by atoms with Gasteiger partial charge in [-0.3, -0.25) is 9.36 Å². The van der Waals surface area contributed by atoms with Crippen LogP contribution in [0.15, 0.2) is 84.0 Å². The van der Waals surface area contributed by atoms with E-state index in [4.69, 9.17) is 0 Å². The highest BCUT2D eigenvalue weighted by Crippen LogP contribution is 2.29. The van der Waals surface area contributed by atoms with E-state index < -0.39 is 0 Å². The number of carbonyl (C=O) groups excluding carboxylic acids is 1. The van der Waals surface area contributed by atoms with E-state index in [-0.39, 0.29) is 17.5 Å². The van der Waals surface area contributed by atoms with Gasteiger partial charge in [0.05, 0.1) is 11.4 Å². The average molecular weight is 433 g/mol. The fraction of sp³-hybridized carbons (Fsp3) is 0.125. The molecule has 0 saturated carbocycles. The predicted octanol–water partition coefficient (Wildman–Crippen LogP) is 4.79. The second-order valence-electron chi connectivity index (χ2n) is 6.99. The van der Waals surface area contributed by atoms with Crippen LogP contribution in [0, 0.1) is 12.7 Å². The first-order valence-electron chi connectivity index (χ1n) is 9.82. The molecule has 3 aromatic carbocycles. The summed E-state index contributed by atoms with van der Waals surface area (Å²) in [6.45, 7) is 2.48. The van der Waals surface area contributed by atoms with Crippen LogP contribution in [0.1, 0.15) is 11.1 Å². The molecule has 0 aliphatic carbocycles. The number of rotatable bonds is 7. The van der Waals surface area contributed by atoms with Crippen LogP contribution in [0.5, 0.6) is 0 Å². The van der Waals surface area contributed by atoms with Crippen molar-refractivity contribution in [2.24, 2.45) is 0 Å². The molecule has 7 heteroatoms. The zero-order valence-electron chi connectivity index (χ0n) is 17.0. The number of amides is 1. The molecule has 4 aromatic rings. The van der Waals surface area contributed by atoms with Gasteiger partial charge >= 0.3 is 0 Å². The molecule has 0 spiro atoms. The fourth-order valence-corrected chi connectivity index (χ4v) is 3.93. The van der Waals surface area contributed by atoms with E-state index in [2.05, 4.69) is 15.5 Å². The number of nitrogens with one attached hydrogen (secondary N) is 1. The SMILES string of the molecule is Cc1ccccc1-n1c(SCC(=O)NCc2ccccc2)nnc1-c1ccc(F)cc1. The largest absolute Gasteiger partial charge is 0.351 e. The molecule has 4 rings (SSSR count). The maximum Gasteiger partial charge on any atom is 0.230 e. The summed E-state index contributed by atoms with van der Waals surface area (Å²) < 4.78 is 15.3. The van der Waals surface area contributed by atoms with Crippen molar-refractivity contribution in [3.63, 3.8) is 0 Å². The van der Waals surface area contributed by atoms with Gasteiger partial charge < -0.3 is 5.32 Å². The van der Waals surface area contributed by atoms with Gasteiger partial charge in [0.1, 0.15) is 5.82 Å². The second-order valence-corrected chi connectivity index (χ2v) is 7.93. The minimum absolute atomic E-state index is 0.0866. The number of halogens is 1. The Kier molecular flexibility index (Phi) is 6.43. The van der Waals surface area contributed by atoms with Crippen LogP contribution in [0.2, 0.25) is 0 Å². The first-order chi connectivity index (χ1) is 15.1. The Hall–Kier alpha value is -3.45. The lowest BCUT2D eigenvalue weighted by Crippen LogP contribution is -2.24. The molecule has 5 nitrogen and oxygen atoms in total. The highest BCUT2D eigenvalue weighted by Gasteiger charge is 2.18. The van der Waals surface area contributed by atoms with Gasteiger partial charge in [0.15, 0.2) is 11.0 Å². The normalized spacial score (nSPS) is 10.8. The molecule has 0 saturated heterocycles. The van der Waals surface area contributed by atoms with Crippen molar-refractivity contribution in [1.29, 1.82) is 0 Å². The molecule has 0 fully saturated rings. The number of aryl methyl sites for hydroxylation is 1.